The topological polar surface area (TPSA) is 52.6 Å². The molecule has 1 unspecified atom stereocenters. The van der Waals surface area contributed by atoms with Gasteiger partial charge in [0.15, 0.2) is 0 Å². The summed E-state index contributed by atoms with van der Waals surface area (Å²) in [5.74, 6) is -1.13. The van der Waals surface area contributed by atoms with Crippen molar-refractivity contribution in [2.24, 2.45) is 0 Å². The molecule has 0 aliphatic carbocycles. The lowest BCUT2D eigenvalue weighted by atomic mass is 10.2. The van der Waals surface area contributed by atoms with Gasteiger partial charge in [-0.2, -0.15) is 0 Å². The van der Waals surface area contributed by atoms with Crippen LogP contribution in [0.1, 0.15) is 20.3 Å². The van der Waals surface area contributed by atoms with Crippen LogP contribution in [0, 0.1) is 0 Å². The molecule has 0 heterocycles. The summed E-state index contributed by atoms with van der Waals surface area (Å²) in [5, 5.41) is 0. The molecule has 0 aliphatic heterocycles. The number of carbonyl (C=O) groups is 2. The van der Waals surface area contributed by atoms with Gasteiger partial charge in [0.05, 0.1) is 12.2 Å². The van der Waals surface area contributed by atoms with Crippen LogP contribution in [0.5, 0.6) is 0 Å². The van der Waals surface area contributed by atoms with E-state index in [1.165, 1.54) is 0 Å². The van der Waals surface area contributed by atoms with Gasteiger partial charge < -0.3 is 9.47 Å². The van der Waals surface area contributed by atoms with Crippen molar-refractivity contribution in [3.8, 4) is 0 Å². The van der Waals surface area contributed by atoms with E-state index >= 15 is 0 Å². The third-order valence-corrected chi connectivity index (χ3v) is 1.65. The molecular weight excluding hydrogens is 196 g/mol. The fourth-order valence-corrected chi connectivity index (χ4v) is 0.747. The summed E-state index contributed by atoms with van der Waals surface area (Å²) in [6.45, 7) is 10.5. The van der Waals surface area contributed by atoms with Crippen LogP contribution in [0.4, 0.5) is 0 Å². The average molecular weight is 212 g/mol. The second-order valence-corrected chi connectivity index (χ2v) is 2.94. The van der Waals surface area contributed by atoms with Gasteiger partial charge in [0.25, 0.3) is 0 Å². The van der Waals surface area contributed by atoms with Crippen LogP contribution in [-0.4, -0.2) is 24.6 Å². The molecule has 0 N–H and O–H groups in total. The third kappa shape index (κ3) is 5.00. The van der Waals surface area contributed by atoms with E-state index in [0.717, 1.165) is 12.5 Å². The van der Waals surface area contributed by atoms with Crippen molar-refractivity contribution in [2.45, 2.75) is 26.4 Å². The summed E-state index contributed by atoms with van der Waals surface area (Å²) < 4.78 is 9.64. The minimum Gasteiger partial charge on any atom is -0.462 e. The van der Waals surface area contributed by atoms with Crippen molar-refractivity contribution in [1.29, 1.82) is 0 Å². The Morgan fingerprint density at radius 3 is 2.53 bits per heavy atom. The van der Waals surface area contributed by atoms with E-state index in [0.29, 0.717) is 6.61 Å². The summed E-state index contributed by atoms with van der Waals surface area (Å²) in [7, 11) is 0. The lowest BCUT2D eigenvalue weighted by molar-refractivity contribution is -0.144. The van der Waals surface area contributed by atoms with E-state index in [1.54, 1.807) is 6.92 Å². The van der Waals surface area contributed by atoms with Gasteiger partial charge in [-0.25, -0.2) is 9.59 Å². The third-order valence-electron chi connectivity index (χ3n) is 1.65. The van der Waals surface area contributed by atoms with Crippen molar-refractivity contribution in [3.05, 3.63) is 24.8 Å². The zero-order valence-electron chi connectivity index (χ0n) is 9.12. The highest BCUT2D eigenvalue weighted by atomic mass is 16.6. The van der Waals surface area contributed by atoms with Crippen LogP contribution in [0.15, 0.2) is 24.8 Å². The summed E-state index contributed by atoms with van der Waals surface area (Å²) in [5.41, 5.74) is 0.124. The molecule has 0 amide bonds. The maximum Gasteiger partial charge on any atom is 0.337 e. The van der Waals surface area contributed by atoms with E-state index in [2.05, 4.69) is 13.2 Å². The van der Waals surface area contributed by atoms with E-state index < -0.39 is 18.0 Å². The maximum absolute atomic E-state index is 11.3. The molecular formula is C11H16O4. The van der Waals surface area contributed by atoms with E-state index in [9.17, 15) is 9.59 Å². The van der Waals surface area contributed by atoms with Gasteiger partial charge in [-0.3, -0.25) is 0 Å². The largest absolute Gasteiger partial charge is 0.462 e. The van der Waals surface area contributed by atoms with Gasteiger partial charge in [-0.05, 0) is 13.3 Å². The highest BCUT2D eigenvalue weighted by molar-refractivity contribution is 5.90. The SMILES string of the molecule is C=CC(=O)OC(C)C(=C)C(=O)OCCC. The summed E-state index contributed by atoms with van der Waals surface area (Å²) in [6.07, 6.45) is 1.07. The minimum atomic E-state index is -0.695. The zero-order valence-corrected chi connectivity index (χ0v) is 9.12. The van der Waals surface area contributed by atoms with Gasteiger partial charge in [0, 0.05) is 6.08 Å². The van der Waals surface area contributed by atoms with Gasteiger partial charge in [0.2, 0.25) is 0 Å². The van der Waals surface area contributed by atoms with E-state index in [1.807, 2.05) is 6.92 Å². The number of esters is 2. The predicted octanol–water partition coefficient (Wildman–Crippen LogP) is 1.61. The van der Waals surface area contributed by atoms with Crippen LogP contribution in [0.3, 0.4) is 0 Å². The van der Waals surface area contributed by atoms with Crippen LogP contribution in [0.2, 0.25) is 0 Å². The normalized spacial score (nSPS) is 11.3. The van der Waals surface area contributed by atoms with Crippen LogP contribution in [0.25, 0.3) is 0 Å². The zero-order chi connectivity index (χ0) is 11.8. The number of ether oxygens (including phenoxy) is 2. The molecule has 0 bridgehead atoms. The smallest absolute Gasteiger partial charge is 0.337 e. The number of hydrogen-bond donors (Lipinski definition) is 0. The molecule has 15 heavy (non-hydrogen) atoms. The number of rotatable bonds is 6. The molecule has 0 rings (SSSR count). The fraction of sp³-hybridized carbons (Fsp3) is 0.455. The Morgan fingerprint density at radius 2 is 2.07 bits per heavy atom. The second kappa shape index (κ2) is 6.81. The van der Waals surface area contributed by atoms with Gasteiger partial charge in [0.1, 0.15) is 6.10 Å². The lowest BCUT2D eigenvalue weighted by Crippen LogP contribution is -2.22. The van der Waals surface area contributed by atoms with Crippen molar-refractivity contribution in [2.75, 3.05) is 6.61 Å². The summed E-state index contributed by atoms with van der Waals surface area (Å²) in [4.78, 5) is 22.1. The van der Waals surface area contributed by atoms with Crippen molar-refractivity contribution in [3.63, 3.8) is 0 Å². The van der Waals surface area contributed by atoms with Crippen LogP contribution < -0.4 is 0 Å². The maximum atomic E-state index is 11.3. The van der Waals surface area contributed by atoms with Crippen LogP contribution in [-0.2, 0) is 19.1 Å². The van der Waals surface area contributed by atoms with E-state index in [-0.39, 0.29) is 5.57 Å². The molecule has 0 fully saturated rings. The van der Waals surface area contributed by atoms with Gasteiger partial charge >= 0.3 is 11.9 Å². The predicted molar refractivity (Wildman–Crippen MR) is 56.1 cm³/mol. The standard InChI is InChI=1S/C11H16O4/c1-5-7-14-11(13)8(3)9(4)15-10(12)6-2/h6,9H,2-3,5,7H2,1,4H3. The molecule has 4 heteroatoms. The van der Waals surface area contributed by atoms with Crippen LogP contribution >= 0.6 is 0 Å². The highest BCUT2D eigenvalue weighted by Gasteiger charge is 2.18. The minimum absolute atomic E-state index is 0.124. The first-order valence-electron chi connectivity index (χ1n) is 4.71. The Balaban J connectivity index is 4.13. The second-order valence-electron chi connectivity index (χ2n) is 2.94. The molecule has 0 aromatic heterocycles. The quantitative estimate of drug-likeness (QED) is 0.496. The monoisotopic (exact) mass is 212 g/mol. The molecule has 0 radical (unpaired) electrons. The first-order chi connectivity index (χ1) is 7.02. The lowest BCUT2D eigenvalue weighted by Gasteiger charge is -2.13. The Kier molecular flexibility index (Phi) is 6.09. The Labute approximate surface area is 89.6 Å². The molecule has 84 valence electrons. The van der Waals surface area contributed by atoms with E-state index in [4.69, 9.17) is 9.47 Å². The average Bonchev–Trinajstić information content (AvgIpc) is 2.24. The van der Waals surface area contributed by atoms with Gasteiger partial charge in [-0.1, -0.05) is 20.1 Å². The molecule has 0 saturated carbocycles. The first-order valence-corrected chi connectivity index (χ1v) is 4.71. The molecule has 0 aliphatic rings. The van der Waals surface area contributed by atoms with Crippen molar-refractivity contribution < 1.29 is 19.1 Å². The molecule has 4 nitrogen and oxygen atoms in total. The van der Waals surface area contributed by atoms with Gasteiger partial charge in [-0.15, -0.1) is 0 Å². The Hall–Kier alpha value is -1.58. The molecule has 1 atom stereocenters. The summed E-state index contributed by atoms with van der Waals surface area (Å²) >= 11 is 0. The fourth-order valence-electron chi connectivity index (χ4n) is 0.747. The van der Waals surface area contributed by atoms with Crippen molar-refractivity contribution >= 4 is 11.9 Å². The first kappa shape index (κ1) is 13.4. The number of hydrogen-bond acceptors (Lipinski definition) is 4. The molecule has 0 aromatic rings. The summed E-state index contributed by atoms with van der Waals surface area (Å²) in [6, 6.07) is 0. The number of carbonyl (C=O) groups excluding carboxylic acids is 2. The highest BCUT2D eigenvalue weighted by Crippen LogP contribution is 2.07. The Morgan fingerprint density at radius 1 is 1.47 bits per heavy atom. The molecule has 0 spiro atoms. The molecule has 0 saturated heterocycles. The van der Waals surface area contributed by atoms with Crippen molar-refractivity contribution in [1.82, 2.24) is 0 Å². The Bertz CT molecular complexity index is 268. The molecule has 0 aromatic carbocycles.